The minimum Gasteiger partial charge on any atom is -0.421 e. The van der Waals surface area contributed by atoms with Gasteiger partial charge in [-0.2, -0.15) is 0 Å². The van der Waals surface area contributed by atoms with Crippen molar-refractivity contribution in [3.63, 3.8) is 0 Å². The van der Waals surface area contributed by atoms with Crippen molar-refractivity contribution >= 4 is 18.6 Å². The van der Waals surface area contributed by atoms with E-state index in [-0.39, 0.29) is 0 Å². The summed E-state index contributed by atoms with van der Waals surface area (Å²) in [5.74, 6) is -0.551. The van der Waals surface area contributed by atoms with Crippen molar-refractivity contribution in [2.75, 3.05) is 0 Å². The number of carbonyl (C=O) groups excluding carboxylic acids is 1. The smallest absolute Gasteiger partial charge is 0.305 e. The van der Waals surface area contributed by atoms with Crippen LogP contribution < -0.4 is 11.5 Å². The van der Waals surface area contributed by atoms with E-state index in [1.54, 1.807) is 0 Å². The first-order chi connectivity index (χ1) is 3.42. The number of nitrogens with two attached hydrogens (primary N) is 2. The van der Waals surface area contributed by atoms with E-state index in [1.165, 1.54) is 6.92 Å². The molecular weight excluding hydrogens is 128 g/mol. The molecule has 0 fully saturated rings. The monoisotopic (exact) mass is 136 g/mol. The van der Waals surface area contributed by atoms with Crippen molar-refractivity contribution in [2.24, 2.45) is 11.5 Å². The maximum Gasteiger partial charge on any atom is 0.305 e. The molecule has 0 rings (SSSR count). The Bertz CT molecular complexity index is 97.9. The number of carbonyl (C=O) groups is 1. The summed E-state index contributed by atoms with van der Waals surface area (Å²) in [4.78, 5) is 10.0. The van der Waals surface area contributed by atoms with Crippen molar-refractivity contribution in [1.29, 1.82) is 0 Å². The molecule has 4 nitrogen and oxygen atoms in total. The molecular formula is C3H8N2O2S. The molecule has 4 N–H and O–H groups in total. The van der Waals surface area contributed by atoms with Crippen molar-refractivity contribution < 1.29 is 9.53 Å². The lowest BCUT2D eigenvalue weighted by molar-refractivity contribution is -0.147. The third-order valence-electron chi connectivity index (χ3n) is 0.307. The van der Waals surface area contributed by atoms with Crippen LogP contribution in [0.2, 0.25) is 0 Å². The predicted molar refractivity (Wildman–Crippen MR) is 31.9 cm³/mol. The molecule has 0 radical (unpaired) electrons. The molecule has 0 aromatic rings. The van der Waals surface area contributed by atoms with Crippen molar-refractivity contribution in [2.45, 2.75) is 12.1 Å². The van der Waals surface area contributed by atoms with E-state index < -0.39 is 11.2 Å². The molecule has 0 bridgehead atoms. The summed E-state index contributed by atoms with van der Waals surface area (Å²) in [6, 6.07) is 0. The molecule has 0 aliphatic carbocycles. The normalized spacial score (nSPS) is 11.0. The lowest BCUT2D eigenvalue weighted by Crippen LogP contribution is -2.47. The standard InChI is InChI=1S/C3H8N2O2S/c1-2(6)7-3(4,5)8/h8H,4-5H2,1H3. The summed E-state index contributed by atoms with van der Waals surface area (Å²) < 4.78 is 4.22. The number of hydrogen-bond donors (Lipinski definition) is 3. The number of ether oxygens (including phenoxy) is 1. The molecule has 0 aliphatic rings. The minimum absolute atomic E-state index is 0.551. The molecule has 0 saturated carbocycles. The van der Waals surface area contributed by atoms with E-state index in [4.69, 9.17) is 11.5 Å². The molecule has 0 aliphatic heterocycles. The van der Waals surface area contributed by atoms with Crippen LogP contribution in [-0.2, 0) is 9.53 Å². The van der Waals surface area contributed by atoms with Crippen LogP contribution in [0.4, 0.5) is 0 Å². The van der Waals surface area contributed by atoms with Gasteiger partial charge in [0.1, 0.15) is 0 Å². The highest BCUT2D eigenvalue weighted by Gasteiger charge is 2.14. The quantitative estimate of drug-likeness (QED) is 0.245. The Morgan fingerprint density at radius 2 is 2.12 bits per heavy atom. The average molecular weight is 136 g/mol. The highest BCUT2D eigenvalue weighted by molar-refractivity contribution is 7.81. The van der Waals surface area contributed by atoms with Gasteiger partial charge in [-0.05, 0) is 0 Å². The van der Waals surface area contributed by atoms with Crippen LogP contribution in [0.15, 0.2) is 0 Å². The van der Waals surface area contributed by atoms with Crippen LogP contribution in [0.3, 0.4) is 0 Å². The topological polar surface area (TPSA) is 78.3 Å². The summed E-state index contributed by atoms with van der Waals surface area (Å²) in [5, 5.41) is -1.63. The molecule has 0 aromatic carbocycles. The molecule has 0 spiro atoms. The number of rotatable bonds is 1. The van der Waals surface area contributed by atoms with Crippen molar-refractivity contribution in [3.8, 4) is 0 Å². The lowest BCUT2D eigenvalue weighted by atomic mass is 10.8. The van der Waals surface area contributed by atoms with Crippen LogP contribution >= 0.6 is 12.6 Å². The van der Waals surface area contributed by atoms with Crippen LogP contribution in [0.25, 0.3) is 0 Å². The van der Waals surface area contributed by atoms with Crippen LogP contribution in [0.1, 0.15) is 6.92 Å². The molecule has 0 amide bonds. The van der Waals surface area contributed by atoms with Gasteiger partial charge in [-0.1, -0.05) is 12.6 Å². The molecule has 0 heterocycles. The molecule has 0 saturated heterocycles. The SMILES string of the molecule is CC(=O)OC(N)(N)S. The summed E-state index contributed by atoms with van der Waals surface area (Å²) in [7, 11) is 0. The minimum atomic E-state index is -1.63. The van der Waals surface area contributed by atoms with Crippen LogP contribution in [0.5, 0.6) is 0 Å². The van der Waals surface area contributed by atoms with E-state index >= 15 is 0 Å². The first-order valence-corrected chi connectivity index (χ1v) is 2.36. The van der Waals surface area contributed by atoms with E-state index in [1.807, 2.05) is 0 Å². The van der Waals surface area contributed by atoms with Crippen molar-refractivity contribution in [3.05, 3.63) is 0 Å². The molecule has 48 valence electrons. The fraction of sp³-hybridized carbons (Fsp3) is 0.667. The Labute approximate surface area is 52.6 Å². The number of esters is 1. The Hall–Kier alpha value is -0.260. The highest BCUT2D eigenvalue weighted by atomic mass is 32.1. The summed E-state index contributed by atoms with van der Waals surface area (Å²) in [5.41, 5.74) is 9.87. The van der Waals surface area contributed by atoms with Crippen molar-refractivity contribution in [1.82, 2.24) is 0 Å². The first kappa shape index (κ1) is 7.74. The molecule has 0 aromatic heterocycles. The molecule has 5 heteroatoms. The lowest BCUT2D eigenvalue weighted by Gasteiger charge is -2.15. The number of hydrogen-bond acceptors (Lipinski definition) is 5. The zero-order valence-electron chi connectivity index (χ0n) is 4.42. The first-order valence-electron chi connectivity index (χ1n) is 1.91. The van der Waals surface area contributed by atoms with Gasteiger partial charge in [0.2, 0.25) is 0 Å². The summed E-state index contributed by atoms with van der Waals surface area (Å²) in [6.45, 7) is 1.20. The Morgan fingerprint density at radius 3 is 2.12 bits per heavy atom. The fourth-order valence-electron chi connectivity index (χ4n) is 0.230. The van der Waals surface area contributed by atoms with Gasteiger partial charge in [0.05, 0.1) is 0 Å². The largest absolute Gasteiger partial charge is 0.421 e. The highest BCUT2D eigenvalue weighted by Crippen LogP contribution is 1.97. The van der Waals surface area contributed by atoms with Gasteiger partial charge in [0.15, 0.2) is 0 Å². The number of thiol groups is 1. The van der Waals surface area contributed by atoms with Gasteiger partial charge >= 0.3 is 5.97 Å². The summed E-state index contributed by atoms with van der Waals surface area (Å²) >= 11 is 3.51. The van der Waals surface area contributed by atoms with Crippen LogP contribution in [-0.4, -0.2) is 11.2 Å². The van der Waals surface area contributed by atoms with E-state index in [0.29, 0.717) is 0 Å². The maximum absolute atomic E-state index is 10.0. The van der Waals surface area contributed by atoms with E-state index in [2.05, 4.69) is 17.4 Å². The average Bonchev–Trinajstić information content (AvgIpc) is 1.21. The van der Waals surface area contributed by atoms with Gasteiger partial charge in [-0.25, -0.2) is 0 Å². The van der Waals surface area contributed by atoms with Gasteiger partial charge in [0.25, 0.3) is 5.18 Å². The Kier molecular flexibility index (Phi) is 2.26. The Morgan fingerprint density at radius 1 is 1.75 bits per heavy atom. The Balaban J connectivity index is 3.55. The van der Waals surface area contributed by atoms with E-state index in [9.17, 15) is 4.79 Å². The van der Waals surface area contributed by atoms with E-state index in [0.717, 1.165) is 0 Å². The van der Waals surface area contributed by atoms with Gasteiger partial charge in [-0.3, -0.25) is 16.3 Å². The summed E-state index contributed by atoms with van der Waals surface area (Å²) in [6.07, 6.45) is 0. The maximum atomic E-state index is 10.0. The molecule has 0 atom stereocenters. The molecule has 0 unspecified atom stereocenters. The second-order valence-corrected chi connectivity index (χ2v) is 2.04. The van der Waals surface area contributed by atoms with Gasteiger partial charge < -0.3 is 4.74 Å². The third kappa shape index (κ3) is 5.74. The predicted octanol–water partition coefficient (Wildman–Crippen LogP) is -0.992. The van der Waals surface area contributed by atoms with Gasteiger partial charge in [-0.15, -0.1) is 0 Å². The van der Waals surface area contributed by atoms with Crippen LogP contribution in [0, 0.1) is 0 Å². The fourth-order valence-corrected chi connectivity index (χ4v) is 0.359. The van der Waals surface area contributed by atoms with Gasteiger partial charge in [0, 0.05) is 6.92 Å². The zero-order valence-corrected chi connectivity index (χ0v) is 5.31. The second kappa shape index (κ2) is 2.34. The zero-order chi connectivity index (χ0) is 6.78. The second-order valence-electron chi connectivity index (χ2n) is 1.35. The third-order valence-corrected chi connectivity index (χ3v) is 0.399. The molecule has 8 heavy (non-hydrogen) atoms.